The van der Waals surface area contributed by atoms with E-state index in [0.29, 0.717) is 11.3 Å². The van der Waals surface area contributed by atoms with E-state index in [1.165, 1.54) is 13.3 Å². The fraction of sp³-hybridized carbons (Fsp3) is 0.154. The molecule has 21 heavy (non-hydrogen) atoms. The number of hydrogen-bond donors (Lipinski definition) is 0. The Morgan fingerprint density at radius 1 is 1.29 bits per heavy atom. The Kier molecular flexibility index (Phi) is 4.82. The van der Waals surface area contributed by atoms with Crippen molar-refractivity contribution in [2.75, 3.05) is 7.11 Å². The van der Waals surface area contributed by atoms with Crippen LogP contribution in [-0.4, -0.2) is 22.9 Å². The second-order valence-electron chi connectivity index (χ2n) is 3.90. The Labute approximate surface area is 129 Å². The van der Waals surface area contributed by atoms with Crippen molar-refractivity contribution in [3.05, 3.63) is 56.4 Å². The van der Waals surface area contributed by atoms with E-state index >= 15 is 0 Å². The van der Waals surface area contributed by atoms with Gasteiger partial charge in [-0.05, 0) is 24.3 Å². The van der Waals surface area contributed by atoms with Gasteiger partial charge >= 0.3 is 5.97 Å². The number of nitrogens with zero attached hydrogens (tertiary/aromatic N) is 2. The zero-order valence-electron chi connectivity index (χ0n) is 10.9. The maximum atomic E-state index is 11.8. The monoisotopic (exact) mass is 328 g/mol. The van der Waals surface area contributed by atoms with Crippen LogP contribution in [0.1, 0.15) is 10.4 Å². The van der Waals surface area contributed by atoms with Crippen molar-refractivity contribution in [3.8, 4) is 5.75 Å². The minimum absolute atomic E-state index is 0.0411. The number of aromatic nitrogens is 2. The van der Waals surface area contributed by atoms with Crippen molar-refractivity contribution in [2.45, 2.75) is 6.73 Å². The summed E-state index contributed by atoms with van der Waals surface area (Å²) >= 11 is 11.3. The minimum atomic E-state index is -0.633. The highest BCUT2D eigenvalue weighted by atomic mass is 35.5. The van der Waals surface area contributed by atoms with Gasteiger partial charge < -0.3 is 9.47 Å². The summed E-state index contributed by atoms with van der Waals surface area (Å²) < 4.78 is 10.9. The number of ether oxygens (including phenoxy) is 2. The summed E-state index contributed by atoms with van der Waals surface area (Å²) in [6, 6.07) is 6.35. The Hall–Kier alpha value is -2.05. The Morgan fingerprint density at radius 3 is 2.57 bits per heavy atom. The van der Waals surface area contributed by atoms with Gasteiger partial charge in [-0.15, -0.1) is 0 Å². The van der Waals surface area contributed by atoms with E-state index in [9.17, 15) is 9.59 Å². The molecule has 2 aromatic rings. The van der Waals surface area contributed by atoms with E-state index in [4.69, 9.17) is 32.7 Å². The average molecular weight is 329 g/mol. The molecule has 0 fully saturated rings. The number of hydrogen-bond acceptors (Lipinski definition) is 5. The fourth-order valence-electron chi connectivity index (χ4n) is 1.47. The highest BCUT2D eigenvalue weighted by Crippen LogP contribution is 2.15. The first-order valence-electron chi connectivity index (χ1n) is 5.75. The lowest BCUT2D eigenvalue weighted by atomic mass is 10.2. The summed E-state index contributed by atoms with van der Waals surface area (Å²) in [6.07, 6.45) is 1.20. The molecule has 0 unspecified atom stereocenters. The van der Waals surface area contributed by atoms with Crippen LogP contribution in [-0.2, 0) is 11.5 Å². The smallest absolute Gasteiger partial charge is 0.339 e. The Balaban J connectivity index is 2.07. The molecule has 110 valence electrons. The topological polar surface area (TPSA) is 70.4 Å². The van der Waals surface area contributed by atoms with Crippen molar-refractivity contribution >= 4 is 29.2 Å². The van der Waals surface area contributed by atoms with Gasteiger partial charge in [0.1, 0.15) is 10.8 Å². The van der Waals surface area contributed by atoms with Crippen LogP contribution in [0.25, 0.3) is 0 Å². The molecule has 0 amide bonds. The molecule has 0 spiro atoms. The molecule has 8 heteroatoms. The third kappa shape index (κ3) is 3.53. The zero-order valence-corrected chi connectivity index (χ0v) is 12.4. The molecule has 6 nitrogen and oxygen atoms in total. The number of rotatable bonds is 4. The summed E-state index contributed by atoms with van der Waals surface area (Å²) in [7, 11) is 1.52. The van der Waals surface area contributed by atoms with E-state index in [-0.39, 0.29) is 16.8 Å². The zero-order chi connectivity index (χ0) is 15.4. The van der Waals surface area contributed by atoms with Gasteiger partial charge in [0.05, 0.1) is 23.9 Å². The molecule has 0 aliphatic carbocycles. The maximum absolute atomic E-state index is 11.8. The van der Waals surface area contributed by atoms with Crippen LogP contribution in [0.5, 0.6) is 5.75 Å². The molecule has 1 aromatic heterocycles. The normalized spacial score (nSPS) is 10.2. The lowest BCUT2D eigenvalue weighted by Gasteiger charge is -2.07. The lowest BCUT2D eigenvalue weighted by molar-refractivity contribution is 0.0340. The second kappa shape index (κ2) is 6.60. The Morgan fingerprint density at radius 2 is 1.95 bits per heavy atom. The van der Waals surface area contributed by atoms with Crippen LogP contribution in [0.3, 0.4) is 0 Å². The molecule has 1 heterocycles. The third-order valence-corrected chi connectivity index (χ3v) is 3.33. The van der Waals surface area contributed by atoms with E-state index < -0.39 is 11.5 Å². The van der Waals surface area contributed by atoms with Crippen LogP contribution in [0, 0.1) is 0 Å². The molecule has 0 N–H and O–H groups in total. The highest BCUT2D eigenvalue weighted by Gasteiger charge is 2.11. The predicted octanol–water partition coefficient (Wildman–Crippen LogP) is 2.37. The number of methoxy groups -OCH3 is 1. The van der Waals surface area contributed by atoms with E-state index in [1.54, 1.807) is 24.3 Å². The molecule has 2 rings (SSSR count). The van der Waals surface area contributed by atoms with Gasteiger partial charge in [-0.25, -0.2) is 4.79 Å². The van der Waals surface area contributed by atoms with Gasteiger partial charge in [-0.3, -0.25) is 4.79 Å². The predicted molar refractivity (Wildman–Crippen MR) is 76.9 cm³/mol. The van der Waals surface area contributed by atoms with Gasteiger partial charge in [0.2, 0.25) is 0 Å². The number of carbonyl (C=O) groups is 1. The first kappa shape index (κ1) is 15.3. The molecule has 1 aromatic carbocycles. The largest absolute Gasteiger partial charge is 0.497 e. The van der Waals surface area contributed by atoms with Crippen molar-refractivity contribution in [3.63, 3.8) is 0 Å². The molecule has 0 saturated heterocycles. The van der Waals surface area contributed by atoms with Gasteiger partial charge in [0, 0.05) is 0 Å². The second-order valence-corrected chi connectivity index (χ2v) is 4.69. The quantitative estimate of drug-likeness (QED) is 0.806. The number of benzene rings is 1. The van der Waals surface area contributed by atoms with Crippen molar-refractivity contribution in [2.24, 2.45) is 0 Å². The number of halogens is 2. The summed E-state index contributed by atoms with van der Waals surface area (Å²) in [4.78, 5) is 23.5. The van der Waals surface area contributed by atoms with Crippen LogP contribution >= 0.6 is 23.2 Å². The molecular weight excluding hydrogens is 319 g/mol. The highest BCUT2D eigenvalue weighted by molar-refractivity contribution is 6.41. The first-order valence-corrected chi connectivity index (χ1v) is 6.51. The van der Waals surface area contributed by atoms with Gasteiger partial charge in [0.25, 0.3) is 5.56 Å². The molecule has 0 atom stereocenters. The standard InChI is InChI=1S/C13H10Cl2N2O4/c1-20-9-4-2-8(3-5-9)13(19)21-7-17-12(18)11(15)10(14)6-16-17/h2-6H,7H2,1H3. The first-order chi connectivity index (χ1) is 10.0. The average Bonchev–Trinajstić information content (AvgIpc) is 2.52. The van der Waals surface area contributed by atoms with Crippen LogP contribution in [0.4, 0.5) is 0 Å². The van der Waals surface area contributed by atoms with Crippen molar-refractivity contribution < 1.29 is 14.3 Å². The molecule has 0 bridgehead atoms. The number of esters is 1. The lowest BCUT2D eigenvalue weighted by Crippen LogP contribution is -2.25. The molecule has 0 radical (unpaired) electrons. The minimum Gasteiger partial charge on any atom is -0.497 e. The van der Waals surface area contributed by atoms with Gasteiger partial charge in [-0.1, -0.05) is 23.2 Å². The molecule has 0 aliphatic rings. The van der Waals surface area contributed by atoms with Crippen molar-refractivity contribution in [1.82, 2.24) is 9.78 Å². The summed E-state index contributed by atoms with van der Waals surface area (Å²) in [5.41, 5.74) is -0.310. The van der Waals surface area contributed by atoms with E-state index in [0.717, 1.165) is 4.68 Å². The van der Waals surface area contributed by atoms with Crippen molar-refractivity contribution in [1.29, 1.82) is 0 Å². The third-order valence-electron chi connectivity index (χ3n) is 2.59. The molecule has 0 saturated carbocycles. The summed E-state index contributed by atoms with van der Waals surface area (Å²) in [6.45, 7) is -0.361. The Bertz CT molecular complexity index is 713. The summed E-state index contributed by atoms with van der Waals surface area (Å²) in [5, 5.41) is 3.59. The molecular formula is C13H10Cl2N2O4. The van der Waals surface area contributed by atoms with Crippen LogP contribution in [0.2, 0.25) is 10.0 Å². The summed E-state index contributed by atoms with van der Waals surface area (Å²) in [5.74, 6) is 0.0198. The van der Waals surface area contributed by atoms with Crippen LogP contribution in [0.15, 0.2) is 35.3 Å². The van der Waals surface area contributed by atoms with E-state index in [2.05, 4.69) is 5.10 Å². The van der Waals surface area contributed by atoms with E-state index in [1.807, 2.05) is 0 Å². The number of carbonyl (C=O) groups excluding carboxylic acids is 1. The van der Waals surface area contributed by atoms with Gasteiger partial charge in [0.15, 0.2) is 6.73 Å². The van der Waals surface area contributed by atoms with Crippen LogP contribution < -0.4 is 10.3 Å². The molecule has 0 aliphatic heterocycles. The van der Waals surface area contributed by atoms with Gasteiger partial charge in [-0.2, -0.15) is 9.78 Å². The fourth-order valence-corrected chi connectivity index (χ4v) is 1.74. The maximum Gasteiger partial charge on any atom is 0.339 e. The SMILES string of the molecule is COc1ccc(C(=O)OCn2ncc(Cl)c(Cl)c2=O)cc1.